The number of hydrogen-bond donors (Lipinski definition) is 1. The monoisotopic (exact) mass is 268 g/mol. The summed E-state index contributed by atoms with van der Waals surface area (Å²) in [6.07, 6.45) is 1.13. The average molecular weight is 268 g/mol. The molecular formula is C15H25FN2O. The second-order valence-electron chi connectivity index (χ2n) is 4.98. The zero-order valence-electron chi connectivity index (χ0n) is 12.4. The Morgan fingerprint density at radius 1 is 1.42 bits per heavy atom. The van der Waals surface area contributed by atoms with E-state index in [1.807, 2.05) is 7.05 Å². The molecule has 1 aromatic rings. The maximum absolute atomic E-state index is 13.3. The number of rotatable bonds is 8. The van der Waals surface area contributed by atoms with Crippen molar-refractivity contribution >= 4 is 0 Å². The number of nitrogens with one attached hydrogen (secondary N) is 1. The van der Waals surface area contributed by atoms with Gasteiger partial charge in [0.2, 0.25) is 0 Å². The number of nitrogens with zero attached hydrogens (tertiary/aromatic N) is 1. The highest BCUT2D eigenvalue weighted by Gasteiger charge is 2.12. The second kappa shape index (κ2) is 8.12. The summed E-state index contributed by atoms with van der Waals surface area (Å²) in [7, 11) is 5.65. The van der Waals surface area contributed by atoms with Crippen LogP contribution in [0.15, 0.2) is 18.2 Å². The fraction of sp³-hybridized carbons (Fsp3) is 0.600. The van der Waals surface area contributed by atoms with Crippen LogP contribution in [0.25, 0.3) is 0 Å². The lowest BCUT2D eigenvalue weighted by Crippen LogP contribution is -2.30. The molecule has 0 aliphatic rings. The Morgan fingerprint density at radius 2 is 2.16 bits per heavy atom. The zero-order chi connectivity index (χ0) is 14.3. The normalized spacial score (nSPS) is 12.7. The lowest BCUT2D eigenvalue weighted by Gasteiger charge is -2.23. The standard InChI is InChI=1S/C15H25FN2O/c1-5-12(9-17-2)10-18(3)11-13-8-14(16)6-7-15(13)19-4/h6-8,12,17H,5,9-11H2,1-4H3. The van der Waals surface area contributed by atoms with Gasteiger partial charge in [-0.2, -0.15) is 0 Å². The summed E-state index contributed by atoms with van der Waals surface area (Å²) >= 11 is 0. The quantitative estimate of drug-likeness (QED) is 0.784. The lowest BCUT2D eigenvalue weighted by molar-refractivity contribution is 0.257. The minimum Gasteiger partial charge on any atom is -0.496 e. The van der Waals surface area contributed by atoms with Crippen molar-refractivity contribution in [2.75, 3.05) is 34.3 Å². The first-order chi connectivity index (χ1) is 9.10. The van der Waals surface area contributed by atoms with Crippen molar-refractivity contribution in [3.05, 3.63) is 29.6 Å². The van der Waals surface area contributed by atoms with Crippen LogP contribution in [0.2, 0.25) is 0 Å². The van der Waals surface area contributed by atoms with Crippen molar-refractivity contribution in [3.8, 4) is 5.75 Å². The third-order valence-corrected chi connectivity index (χ3v) is 3.32. The summed E-state index contributed by atoms with van der Waals surface area (Å²) in [6.45, 7) is 4.87. The SMILES string of the molecule is CCC(CNC)CN(C)Cc1cc(F)ccc1OC. The van der Waals surface area contributed by atoms with Gasteiger partial charge in [0.25, 0.3) is 0 Å². The molecule has 0 bridgehead atoms. The third kappa shape index (κ3) is 5.17. The first-order valence-electron chi connectivity index (χ1n) is 6.76. The fourth-order valence-electron chi connectivity index (χ4n) is 2.29. The summed E-state index contributed by atoms with van der Waals surface area (Å²) in [5.74, 6) is 1.14. The van der Waals surface area contributed by atoms with Crippen molar-refractivity contribution in [1.29, 1.82) is 0 Å². The van der Waals surface area contributed by atoms with Crippen molar-refractivity contribution < 1.29 is 9.13 Å². The molecule has 0 aliphatic carbocycles. The van der Waals surface area contributed by atoms with E-state index in [-0.39, 0.29) is 5.82 Å². The van der Waals surface area contributed by atoms with Gasteiger partial charge in [-0.25, -0.2) is 4.39 Å². The molecule has 0 spiro atoms. The maximum Gasteiger partial charge on any atom is 0.123 e. The van der Waals surface area contributed by atoms with Crippen LogP contribution in [0.1, 0.15) is 18.9 Å². The minimum atomic E-state index is -0.216. The van der Waals surface area contributed by atoms with E-state index >= 15 is 0 Å². The Bertz CT molecular complexity index is 384. The zero-order valence-corrected chi connectivity index (χ0v) is 12.4. The summed E-state index contributed by atoms with van der Waals surface area (Å²) in [6, 6.07) is 4.66. The molecule has 4 heteroatoms. The van der Waals surface area contributed by atoms with E-state index in [1.54, 1.807) is 19.2 Å². The highest BCUT2D eigenvalue weighted by molar-refractivity contribution is 5.33. The van der Waals surface area contributed by atoms with E-state index in [0.717, 1.165) is 30.8 Å². The van der Waals surface area contributed by atoms with E-state index in [9.17, 15) is 4.39 Å². The molecule has 0 saturated heterocycles. The topological polar surface area (TPSA) is 24.5 Å². The number of benzene rings is 1. The van der Waals surface area contributed by atoms with Gasteiger partial charge in [0.05, 0.1) is 7.11 Å². The maximum atomic E-state index is 13.3. The van der Waals surface area contributed by atoms with Crippen LogP contribution >= 0.6 is 0 Å². The minimum absolute atomic E-state index is 0.216. The van der Waals surface area contributed by atoms with Gasteiger partial charge in [-0.05, 0) is 44.8 Å². The summed E-state index contributed by atoms with van der Waals surface area (Å²) in [4.78, 5) is 2.21. The van der Waals surface area contributed by atoms with Crippen LogP contribution in [0.5, 0.6) is 5.75 Å². The van der Waals surface area contributed by atoms with Crippen LogP contribution in [0, 0.1) is 11.7 Å². The van der Waals surface area contributed by atoms with E-state index < -0.39 is 0 Å². The number of ether oxygens (including phenoxy) is 1. The molecule has 3 nitrogen and oxygen atoms in total. The van der Waals surface area contributed by atoms with Crippen molar-refractivity contribution in [3.63, 3.8) is 0 Å². The molecule has 0 amide bonds. The summed E-state index contributed by atoms with van der Waals surface area (Å²) in [5, 5.41) is 3.21. The smallest absolute Gasteiger partial charge is 0.123 e. The van der Waals surface area contributed by atoms with E-state index in [0.29, 0.717) is 12.5 Å². The molecule has 1 rings (SSSR count). The lowest BCUT2D eigenvalue weighted by atomic mass is 10.1. The van der Waals surface area contributed by atoms with E-state index in [4.69, 9.17) is 4.74 Å². The Hall–Kier alpha value is -1.13. The first kappa shape index (κ1) is 15.9. The molecule has 0 aromatic heterocycles. The van der Waals surface area contributed by atoms with Gasteiger partial charge in [0, 0.05) is 18.7 Å². The molecule has 1 unspecified atom stereocenters. The molecule has 0 heterocycles. The number of hydrogen-bond acceptors (Lipinski definition) is 3. The van der Waals surface area contributed by atoms with E-state index in [2.05, 4.69) is 24.2 Å². The van der Waals surface area contributed by atoms with Gasteiger partial charge in [-0.3, -0.25) is 0 Å². The average Bonchev–Trinajstić information content (AvgIpc) is 2.38. The fourth-order valence-corrected chi connectivity index (χ4v) is 2.29. The van der Waals surface area contributed by atoms with Crippen LogP contribution < -0.4 is 10.1 Å². The molecule has 0 saturated carbocycles. The Labute approximate surface area is 115 Å². The van der Waals surface area contributed by atoms with Gasteiger partial charge in [0.1, 0.15) is 11.6 Å². The van der Waals surface area contributed by atoms with Gasteiger partial charge in [-0.15, -0.1) is 0 Å². The molecule has 0 fully saturated rings. The molecule has 1 aromatic carbocycles. The van der Waals surface area contributed by atoms with Gasteiger partial charge in [-0.1, -0.05) is 13.3 Å². The van der Waals surface area contributed by atoms with Gasteiger partial charge >= 0.3 is 0 Å². The highest BCUT2D eigenvalue weighted by Crippen LogP contribution is 2.21. The molecular weight excluding hydrogens is 243 g/mol. The van der Waals surface area contributed by atoms with Crippen LogP contribution in [0.4, 0.5) is 4.39 Å². The third-order valence-electron chi connectivity index (χ3n) is 3.32. The Kier molecular flexibility index (Phi) is 6.81. The predicted octanol–water partition coefficient (Wildman–Crippen LogP) is 2.51. The largest absolute Gasteiger partial charge is 0.496 e. The van der Waals surface area contributed by atoms with Crippen LogP contribution in [0.3, 0.4) is 0 Å². The first-order valence-corrected chi connectivity index (χ1v) is 6.76. The van der Waals surface area contributed by atoms with Crippen molar-refractivity contribution in [1.82, 2.24) is 10.2 Å². The summed E-state index contributed by atoms with van der Waals surface area (Å²) < 4.78 is 18.6. The number of halogens is 1. The van der Waals surface area contributed by atoms with Crippen LogP contribution in [-0.2, 0) is 6.54 Å². The van der Waals surface area contributed by atoms with Crippen molar-refractivity contribution in [2.24, 2.45) is 5.92 Å². The van der Waals surface area contributed by atoms with E-state index in [1.165, 1.54) is 6.07 Å². The molecule has 0 radical (unpaired) electrons. The molecule has 1 N–H and O–H groups in total. The second-order valence-corrected chi connectivity index (χ2v) is 4.98. The van der Waals surface area contributed by atoms with Crippen LogP contribution in [-0.4, -0.2) is 39.2 Å². The Balaban J connectivity index is 2.65. The van der Waals surface area contributed by atoms with Gasteiger partial charge in [0.15, 0.2) is 0 Å². The molecule has 1 atom stereocenters. The van der Waals surface area contributed by atoms with Gasteiger partial charge < -0.3 is 15.0 Å². The van der Waals surface area contributed by atoms with Crippen molar-refractivity contribution in [2.45, 2.75) is 19.9 Å². The predicted molar refractivity (Wildman–Crippen MR) is 77.0 cm³/mol. The highest BCUT2D eigenvalue weighted by atomic mass is 19.1. The Morgan fingerprint density at radius 3 is 2.74 bits per heavy atom. The molecule has 0 aliphatic heterocycles. The molecule has 19 heavy (non-hydrogen) atoms. The molecule has 108 valence electrons. The number of methoxy groups -OCH3 is 1. The summed E-state index contributed by atoms with van der Waals surface area (Å²) in [5.41, 5.74) is 0.893.